The zero-order valence-electron chi connectivity index (χ0n) is 15.3. The maximum Gasteiger partial charge on any atom is 0.277 e. The van der Waals surface area contributed by atoms with Crippen LogP contribution < -0.4 is 15.3 Å². The van der Waals surface area contributed by atoms with Gasteiger partial charge in [0.25, 0.3) is 5.91 Å². The number of nitrogens with one attached hydrogen (secondary N) is 1. The summed E-state index contributed by atoms with van der Waals surface area (Å²) in [7, 11) is 0. The Labute approximate surface area is 165 Å². The van der Waals surface area contributed by atoms with E-state index in [1.54, 1.807) is 37.3 Å². The van der Waals surface area contributed by atoms with Crippen molar-refractivity contribution >= 4 is 17.6 Å². The van der Waals surface area contributed by atoms with Crippen LogP contribution in [0.15, 0.2) is 70.2 Å². The van der Waals surface area contributed by atoms with Crippen molar-refractivity contribution in [3.8, 4) is 17.1 Å². The fraction of sp³-hybridized carbons (Fsp3) is 0.0952. The molecular formula is C21H16FN2O5-. The molecule has 0 aliphatic heterocycles. The summed E-state index contributed by atoms with van der Waals surface area (Å²) in [6.45, 7) is 1.32. The van der Waals surface area contributed by atoms with Crippen molar-refractivity contribution < 1.29 is 28.2 Å². The Morgan fingerprint density at radius 2 is 1.83 bits per heavy atom. The number of amides is 1. The zero-order valence-corrected chi connectivity index (χ0v) is 15.3. The van der Waals surface area contributed by atoms with E-state index in [0.29, 0.717) is 17.0 Å². The van der Waals surface area contributed by atoms with Gasteiger partial charge in [-0.15, -0.1) is 0 Å². The average molecular weight is 395 g/mol. The molecule has 0 spiro atoms. The van der Waals surface area contributed by atoms with Crippen LogP contribution in [0.2, 0.25) is 0 Å². The van der Waals surface area contributed by atoms with Gasteiger partial charge in [0.1, 0.15) is 17.5 Å². The van der Waals surface area contributed by atoms with Crippen LogP contribution in [-0.4, -0.2) is 24.2 Å². The summed E-state index contributed by atoms with van der Waals surface area (Å²) in [6.07, 6.45) is 0. The lowest BCUT2D eigenvalue weighted by Gasteiger charge is -2.07. The molecule has 1 aromatic heterocycles. The van der Waals surface area contributed by atoms with Gasteiger partial charge in [-0.2, -0.15) is 5.10 Å². The lowest BCUT2D eigenvalue weighted by Crippen LogP contribution is -2.25. The van der Waals surface area contributed by atoms with Crippen LogP contribution in [0, 0.1) is 5.82 Å². The van der Waals surface area contributed by atoms with Crippen LogP contribution >= 0.6 is 0 Å². The number of furan rings is 1. The highest BCUT2D eigenvalue weighted by atomic mass is 19.1. The van der Waals surface area contributed by atoms with Gasteiger partial charge in [-0.1, -0.05) is 36.4 Å². The Morgan fingerprint density at radius 3 is 2.48 bits per heavy atom. The Morgan fingerprint density at radius 1 is 1.10 bits per heavy atom. The number of carbonyl (C=O) groups excluding carboxylic acids is 2. The first-order valence-corrected chi connectivity index (χ1v) is 8.56. The smallest absolute Gasteiger partial charge is 0.277 e. The SMILES string of the molecule is C/C(=N/NC(=O)COc1ccccc1F)c1ccc(-c2ccc(C(=O)[O-])o2)cc1. The third kappa shape index (κ3) is 5.07. The second-order valence-electron chi connectivity index (χ2n) is 5.98. The van der Waals surface area contributed by atoms with Crippen LogP contribution in [0.4, 0.5) is 4.39 Å². The first-order chi connectivity index (χ1) is 13.9. The normalized spacial score (nSPS) is 11.2. The minimum Gasteiger partial charge on any atom is -0.542 e. The van der Waals surface area contributed by atoms with E-state index in [1.165, 1.54) is 30.3 Å². The minimum absolute atomic E-state index is 0.0151. The lowest BCUT2D eigenvalue weighted by atomic mass is 10.1. The number of hydrogen-bond acceptors (Lipinski definition) is 6. The van der Waals surface area contributed by atoms with Gasteiger partial charge < -0.3 is 19.1 Å². The molecule has 0 aliphatic rings. The van der Waals surface area contributed by atoms with Crippen LogP contribution in [0.5, 0.6) is 5.75 Å². The number of para-hydroxylation sites is 1. The van der Waals surface area contributed by atoms with Crippen molar-refractivity contribution in [1.29, 1.82) is 0 Å². The van der Waals surface area contributed by atoms with Gasteiger partial charge in [0, 0.05) is 5.56 Å². The van der Waals surface area contributed by atoms with E-state index in [0.717, 1.165) is 5.56 Å². The van der Waals surface area contributed by atoms with E-state index in [1.807, 2.05) is 0 Å². The molecule has 3 rings (SSSR count). The van der Waals surface area contributed by atoms with E-state index in [2.05, 4.69) is 10.5 Å². The average Bonchev–Trinajstić information content (AvgIpc) is 3.22. The summed E-state index contributed by atoms with van der Waals surface area (Å²) >= 11 is 0. The van der Waals surface area contributed by atoms with Crippen molar-refractivity contribution in [1.82, 2.24) is 5.43 Å². The third-order valence-electron chi connectivity index (χ3n) is 3.94. The van der Waals surface area contributed by atoms with E-state index < -0.39 is 17.7 Å². The van der Waals surface area contributed by atoms with Gasteiger partial charge in [0.2, 0.25) is 0 Å². The Kier molecular flexibility index (Phi) is 6.03. The van der Waals surface area contributed by atoms with Crippen LogP contribution in [0.3, 0.4) is 0 Å². The van der Waals surface area contributed by atoms with Crippen molar-refractivity contribution in [3.05, 3.63) is 77.8 Å². The number of benzene rings is 2. The van der Waals surface area contributed by atoms with E-state index >= 15 is 0 Å². The molecule has 2 aromatic carbocycles. The first kappa shape index (κ1) is 19.8. The number of hydrogen-bond donors (Lipinski definition) is 1. The number of aromatic carboxylic acids is 1. The fourth-order valence-electron chi connectivity index (χ4n) is 2.43. The van der Waals surface area contributed by atoms with E-state index in [4.69, 9.17) is 9.15 Å². The molecule has 0 bridgehead atoms. The molecule has 1 heterocycles. The number of hydrazone groups is 1. The highest BCUT2D eigenvalue weighted by Crippen LogP contribution is 2.22. The largest absolute Gasteiger partial charge is 0.542 e. The zero-order chi connectivity index (χ0) is 20.8. The van der Waals surface area contributed by atoms with Gasteiger partial charge in [0.15, 0.2) is 18.2 Å². The second-order valence-corrected chi connectivity index (χ2v) is 5.98. The maximum absolute atomic E-state index is 13.4. The van der Waals surface area contributed by atoms with Gasteiger partial charge in [-0.3, -0.25) is 4.79 Å². The Bertz CT molecular complexity index is 1060. The molecule has 0 radical (unpaired) electrons. The number of halogens is 1. The van der Waals surface area contributed by atoms with Gasteiger partial charge in [0.05, 0.1) is 5.71 Å². The molecule has 7 nitrogen and oxygen atoms in total. The Hall–Kier alpha value is -3.94. The van der Waals surface area contributed by atoms with Crippen molar-refractivity contribution in [3.63, 3.8) is 0 Å². The molecule has 3 aromatic rings. The molecule has 0 fully saturated rings. The molecular weight excluding hydrogens is 379 g/mol. The predicted octanol–water partition coefficient (Wildman–Crippen LogP) is 2.37. The van der Waals surface area contributed by atoms with E-state index in [9.17, 15) is 19.1 Å². The molecule has 8 heteroatoms. The fourth-order valence-corrected chi connectivity index (χ4v) is 2.43. The van der Waals surface area contributed by atoms with Crippen LogP contribution in [0.1, 0.15) is 23.0 Å². The molecule has 0 saturated heterocycles. The maximum atomic E-state index is 13.4. The summed E-state index contributed by atoms with van der Waals surface area (Å²) in [6, 6.07) is 15.6. The highest BCUT2D eigenvalue weighted by molar-refractivity contribution is 5.99. The molecule has 1 N–H and O–H groups in total. The van der Waals surface area contributed by atoms with Gasteiger partial charge in [-0.05, 0) is 36.8 Å². The summed E-state index contributed by atoms with van der Waals surface area (Å²) in [5.41, 5.74) is 4.29. The molecule has 0 saturated carbocycles. The molecule has 29 heavy (non-hydrogen) atoms. The van der Waals surface area contributed by atoms with Crippen LogP contribution in [0.25, 0.3) is 11.3 Å². The molecule has 148 valence electrons. The number of carbonyl (C=O) groups is 2. The number of nitrogens with zero attached hydrogens (tertiary/aromatic N) is 1. The van der Waals surface area contributed by atoms with Crippen molar-refractivity contribution in [2.24, 2.45) is 5.10 Å². The molecule has 0 atom stereocenters. The first-order valence-electron chi connectivity index (χ1n) is 8.56. The number of carboxylic acids is 1. The molecule has 0 unspecified atom stereocenters. The summed E-state index contributed by atoms with van der Waals surface area (Å²) in [4.78, 5) is 22.6. The highest BCUT2D eigenvalue weighted by Gasteiger charge is 2.08. The quantitative estimate of drug-likeness (QED) is 0.489. The standard InChI is InChI=1S/C21H17FN2O5/c1-13(23-24-20(25)12-28-18-5-3-2-4-16(18)22)14-6-8-15(9-7-14)17-10-11-19(29-17)21(26)27/h2-11H,12H2,1H3,(H,24,25)(H,26,27)/p-1/b23-13-. The number of ether oxygens (including phenoxy) is 1. The van der Waals surface area contributed by atoms with Crippen LogP contribution in [-0.2, 0) is 4.79 Å². The number of rotatable bonds is 7. The lowest BCUT2D eigenvalue weighted by molar-refractivity contribution is -0.257. The van der Waals surface area contributed by atoms with Crippen molar-refractivity contribution in [2.75, 3.05) is 6.61 Å². The third-order valence-corrected chi connectivity index (χ3v) is 3.94. The Balaban J connectivity index is 1.58. The van der Waals surface area contributed by atoms with Crippen molar-refractivity contribution in [2.45, 2.75) is 6.92 Å². The second kappa shape index (κ2) is 8.83. The summed E-state index contributed by atoms with van der Waals surface area (Å²) in [5.74, 6) is -2.34. The van der Waals surface area contributed by atoms with Gasteiger partial charge in [-0.25, -0.2) is 9.82 Å². The topological polar surface area (TPSA) is 104 Å². The molecule has 0 aliphatic carbocycles. The summed E-state index contributed by atoms with van der Waals surface area (Å²) < 4.78 is 23.7. The minimum atomic E-state index is -1.38. The molecule has 1 amide bonds. The monoisotopic (exact) mass is 395 g/mol. The number of carboxylic acid groups (broad SMARTS) is 1. The summed E-state index contributed by atoms with van der Waals surface area (Å²) in [5, 5.41) is 14.8. The van der Waals surface area contributed by atoms with Gasteiger partial charge >= 0.3 is 0 Å². The predicted molar refractivity (Wildman–Crippen MR) is 101 cm³/mol. The van der Waals surface area contributed by atoms with E-state index in [-0.39, 0.29) is 18.1 Å².